The number of benzene rings is 1. The van der Waals surface area contributed by atoms with Crippen molar-refractivity contribution in [2.24, 2.45) is 17.6 Å². The largest absolute Gasteiger partial charge is 0.350 e. The lowest BCUT2D eigenvalue weighted by atomic mass is 9.82. The van der Waals surface area contributed by atoms with Crippen LogP contribution in [-0.4, -0.2) is 18.0 Å². The van der Waals surface area contributed by atoms with Crippen LogP contribution in [0.1, 0.15) is 51.2 Å². The summed E-state index contributed by atoms with van der Waals surface area (Å²) in [4.78, 5) is 12.4. The van der Waals surface area contributed by atoms with Gasteiger partial charge >= 0.3 is 0 Å². The molecule has 2 atom stereocenters. The van der Waals surface area contributed by atoms with Crippen LogP contribution in [0.5, 0.6) is 0 Å². The molecule has 3 N–H and O–H groups in total. The van der Waals surface area contributed by atoms with E-state index in [1.807, 2.05) is 0 Å². The first kappa shape index (κ1) is 17.0. The van der Waals surface area contributed by atoms with Crippen LogP contribution in [0.2, 0.25) is 0 Å². The van der Waals surface area contributed by atoms with E-state index >= 15 is 0 Å². The molecule has 0 bridgehead atoms. The van der Waals surface area contributed by atoms with E-state index in [0.717, 1.165) is 25.7 Å². The summed E-state index contributed by atoms with van der Waals surface area (Å²) in [5.74, 6) is 1.13. The van der Waals surface area contributed by atoms with Gasteiger partial charge in [0.15, 0.2) is 0 Å². The fraction of sp³-hybridized carbons (Fsp3) is 0.632. The van der Waals surface area contributed by atoms with Crippen molar-refractivity contribution in [2.45, 2.75) is 58.4 Å². The highest BCUT2D eigenvalue weighted by molar-refractivity contribution is 5.77. The first-order chi connectivity index (χ1) is 10.4. The average Bonchev–Trinajstić information content (AvgIpc) is 2.46. The molecule has 0 aliphatic heterocycles. The second-order valence-corrected chi connectivity index (χ2v) is 7.49. The van der Waals surface area contributed by atoms with Crippen LogP contribution in [0.3, 0.4) is 0 Å². The van der Waals surface area contributed by atoms with E-state index < -0.39 is 0 Å². The second kappa shape index (κ2) is 7.28. The Morgan fingerprint density at radius 3 is 2.68 bits per heavy atom. The van der Waals surface area contributed by atoms with E-state index in [9.17, 15) is 4.79 Å². The molecule has 1 aromatic rings. The van der Waals surface area contributed by atoms with E-state index in [-0.39, 0.29) is 11.4 Å². The number of carbonyl (C=O) groups is 1. The molecule has 2 rings (SSSR count). The maximum Gasteiger partial charge on any atom is 0.220 e. The van der Waals surface area contributed by atoms with Crippen LogP contribution in [0.25, 0.3) is 0 Å². The monoisotopic (exact) mass is 302 g/mol. The van der Waals surface area contributed by atoms with Crippen molar-refractivity contribution in [1.29, 1.82) is 0 Å². The van der Waals surface area contributed by atoms with E-state index in [1.165, 1.54) is 11.1 Å². The van der Waals surface area contributed by atoms with Crippen molar-refractivity contribution in [3.63, 3.8) is 0 Å². The maximum atomic E-state index is 12.4. The van der Waals surface area contributed by atoms with Gasteiger partial charge in [-0.05, 0) is 55.6 Å². The van der Waals surface area contributed by atoms with Gasteiger partial charge in [0.25, 0.3) is 0 Å². The number of carbonyl (C=O) groups excluding carboxylic acids is 1. The van der Waals surface area contributed by atoms with Gasteiger partial charge in [0.1, 0.15) is 0 Å². The lowest BCUT2D eigenvalue weighted by Gasteiger charge is -2.32. The minimum Gasteiger partial charge on any atom is -0.350 e. The van der Waals surface area contributed by atoms with Crippen molar-refractivity contribution < 1.29 is 4.79 Å². The summed E-state index contributed by atoms with van der Waals surface area (Å²) in [6.07, 6.45) is 4.75. The predicted octanol–water partition coefficient (Wildman–Crippen LogP) is 3.06. The van der Waals surface area contributed by atoms with Crippen molar-refractivity contribution in [2.75, 3.05) is 6.54 Å². The van der Waals surface area contributed by atoms with E-state index in [2.05, 4.69) is 50.4 Å². The molecule has 0 heterocycles. The quantitative estimate of drug-likeness (QED) is 0.848. The molecule has 0 saturated carbocycles. The van der Waals surface area contributed by atoms with Crippen LogP contribution in [0.4, 0.5) is 0 Å². The van der Waals surface area contributed by atoms with Crippen LogP contribution in [0.15, 0.2) is 24.3 Å². The molecule has 0 spiro atoms. The van der Waals surface area contributed by atoms with Crippen LogP contribution in [-0.2, 0) is 17.6 Å². The third-order valence-electron chi connectivity index (χ3n) is 4.67. The van der Waals surface area contributed by atoms with Gasteiger partial charge < -0.3 is 11.1 Å². The Morgan fingerprint density at radius 2 is 2.05 bits per heavy atom. The fourth-order valence-electron chi connectivity index (χ4n) is 3.68. The summed E-state index contributed by atoms with van der Waals surface area (Å²) >= 11 is 0. The number of rotatable bonds is 6. The summed E-state index contributed by atoms with van der Waals surface area (Å²) < 4.78 is 0. The summed E-state index contributed by atoms with van der Waals surface area (Å²) in [7, 11) is 0. The normalized spacial score (nSPS) is 20.3. The molecule has 0 saturated heterocycles. The van der Waals surface area contributed by atoms with E-state index in [0.29, 0.717) is 24.8 Å². The zero-order valence-corrected chi connectivity index (χ0v) is 14.2. The fourth-order valence-corrected chi connectivity index (χ4v) is 3.68. The van der Waals surface area contributed by atoms with Gasteiger partial charge in [0, 0.05) is 18.5 Å². The summed E-state index contributed by atoms with van der Waals surface area (Å²) in [5, 5.41) is 3.18. The first-order valence-corrected chi connectivity index (χ1v) is 8.50. The predicted molar refractivity (Wildman–Crippen MR) is 91.6 cm³/mol. The highest BCUT2D eigenvalue weighted by atomic mass is 16.1. The second-order valence-electron chi connectivity index (χ2n) is 7.49. The summed E-state index contributed by atoms with van der Waals surface area (Å²) in [6.45, 7) is 6.88. The molecule has 3 nitrogen and oxygen atoms in total. The molecule has 1 aliphatic carbocycles. The van der Waals surface area contributed by atoms with E-state index in [1.54, 1.807) is 0 Å². The molecule has 1 aromatic carbocycles. The van der Waals surface area contributed by atoms with Gasteiger partial charge in [0.05, 0.1) is 0 Å². The summed E-state index contributed by atoms with van der Waals surface area (Å²) in [6, 6.07) is 8.60. The van der Waals surface area contributed by atoms with Gasteiger partial charge in [-0.2, -0.15) is 0 Å². The maximum absolute atomic E-state index is 12.4. The smallest absolute Gasteiger partial charge is 0.220 e. The number of amides is 1. The standard InChI is InChI=1S/C19H30N2O/c1-14(2)12-19(3,13-20)21-18(22)11-15-8-9-16-6-4-5-7-17(16)10-15/h4-7,14-15H,8-13,20H2,1-3H3,(H,21,22). The highest BCUT2D eigenvalue weighted by Gasteiger charge is 2.28. The topological polar surface area (TPSA) is 55.1 Å². The Balaban J connectivity index is 1.90. The molecule has 0 radical (unpaired) electrons. The van der Waals surface area contributed by atoms with Crippen LogP contribution < -0.4 is 11.1 Å². The van der Waals surface area contributed by atoms with Gasteiger partial charge in [-0.3, -0.25) is 4.79 Å². The number of hydrogen-bond acceptors (Lipinski definition) is 2. The average molecular weight is 302 g/mol. The SMILES string of the molecule is CC(C)CC(C)(CN)NC(=O)CC1CCc2ccccc2C1. The number of fused-ring (bicyclic) bond motifs is 1. The number of nitrogens with one attached hydrogen (secondary N) is 1. The Bertz CT molecular complexity index is 512. The van der Waals surface area contributed by atoms with E-state index in [4.69, 9.17) is 5.73 Å². The zero-order valence-electron chi connectivity index (χ0n) is 14.2. The number of aryl methyl sites for hydroxylation is 1. The Labute approximate surface area is 134 Å². The molecule has 1 aliphatic rings. The van der Waals surface area contributed by atoms with Gasteiger partial charge in [0.2, 0.25) is 5.91 Å². The third-order valence-corrected chi connectivity index (χ3v) is 4.67. The third kappa shape index (κ3) is 4.57. The molecular weight excluding hydrogens is 272 g/mol. The van der Waals surface area contributed by atoms with Crippen LogP contribution >= 0.6 is 0 Å². The van der Waals surface area contributed by atoms with Gasteiger partial charge in [-0.25, -0.2) is 0 Å². The van der Waals surface area contributed by atoms with Crippen LogP contribution in [0, 0.1) is 11.8 Å². The van der Waals surface area contributed by atoms with Crippen molar-refractivity contribution in [1.82, 2.24) is 5.32 Å². The Morgan fingerprint density at radius 1 is 1.36 bits per heavy atom. The molecule has 0 aromatic heterocycles. The Kier molecular flexibility index (Phi) is 5.63. The summed E-state index contributed by atoms with van der Waals surface area (Å²) in [5.41, 5.74) is 8.47. The molecule has 122 valence electrons. The number of nitrogens with two attached hydrogens (primary N) is 1. The molecular formula is C19H30N2O. The van der Waals surface area contributed by atoms with Crippen molar-refractivity contribution >= 4 is 5.91 Å². The highest BCUT2D eigenvalue weighted by Crippen LogP contribution is 2.27. The molecule has 2 unspecified atom stereocenters. The molecule has 1 amide bonds. The van der Waals surface area contributed by atoms with Crippen molar-refractivity contribution in [3.8, 4) is 0 Å². The molecule has 3 heteroatoms. The molecule has 22 heavy (non-hydrogen) atoms. The first-order valence-electron chi connectivity index (χ1n) is 8.50. The number of hydrogen-bond donors (Lipinski definition) is 2. The minimum absolute atomic E-state index is 0.151. The van der Waals surface area contributed by atoms with Gasteiger partial charge in [-0.15, -0.1) is 0 Å². The zero-order chi connectivity index (χ0) is 16.2. The van der Waals surface area contributed by atoms with Gasteiger partial charge in [-0.1, -0.05) is 38.1 Å². The minimum atomic E-state index is -0.280. The lowest BCUT2D eigenvalue weighted by Crippen LogP contribution is -2.52. The Hall–Kier alpha value is -1.35. The molecule has 0 fully saturated rings. The van der Waals surface area contributed by atoms with Crippen molar-refractivity contribution in [3.05, 3.63) is 35.4 Å². The lowest BCUT2D eigenvalue weighted by molar-refractivity contribution is -0.124.